The SMILES string of the molecule is Cc1cc(C#C[C@H]2O[C@H](CO)[C@@H](O)[C@H](O)[C@@H]2O)c2[nH]ncc2c1. The van der Waals surface area contributed by atoms with E-state index >= 15 is 0 Å². The molecule has 5 atom stereocenters. The predicted molar refractivity (Wildman–Crippen MR) is 81.5 cm³/mol. The molecule has 0 spiro atoms. The van der Waals surface area contributed by atoms with Gasteiger partial charge in [-0.15, -0.1) is 0 Å². The van der Waals surface area contributed by atoms with Crippen LogP contribution in [-0.4, -0.2) is 67.8 Å². The summed E-state index contributed by atoms with van der Waals surface area (Å²) in [4.78, 5) is 0. The van der Waals surface area contributed by atoms with E-state index in [9.17, 15) is 20.4 Å². The Morgan fingerprint density at radius 2 is 2.00 bits per heavy atom. The van der Waals surface area contributed by atoms with Gasteiger partial charge in [-0.3, -0.25) is 5.10 Å². The van der Waals surface area contributed by atoms with Crippen molar-refractivity contribution in [2.45, 2.75) is 37.4 Å². The number of H-pyrrole nitrogens is 1. The molecule has 3 rings (SSSR count). The highest BCUT2D eigenvalue weighted by molar-refractivity contribution is 5.84. The number of rotatable bonds is 1. The molecule has 0 unspecified atom stereocenters. The van der Waals surface area contributed by atoms with E-state index in [1.54, 1.807) is 6.20 Å². The van der Waals surface area contributed by atoms with E-state index < -0.39 is 37.1 Å². The lowest BCUT2D eigenvalue weighted by Crippen LogP contribution is -2.58. The first-order valence-electron chi connectivity index (χ1n) is 7.27. The van der Waals surface area contributed by atoms with Crippen LogP contribution in [0.1, 0.15) is 11.1 Å². The number of nitrogens with one attached hydrogen (secondary N) is 1. The van der Waals surface area contributed by atoms with Gasteiger partial charge in [0.15, 0.2) is 0 Å². The maximum absolute atomic E-state index is 9.99. The first-order valence-corrected chi connectivity index (χ1v) is 7.27. The third-order valence-corrected chi connectivity index (χ3v) is 3.93. The number of ether oxygens (including phenoxy) is 1. The minimum atomic E-state index is -1.43. The lowest BCUT2D eigenvalue weighted by Gasteiger charge is -2.37. The van der Waals surface area contributed by atoms with Crippen molar-refractivity contribution in [1.82, 2.24) is 10.2 Å². The molecule has 1 aliphatic heterocycles. The van der Waals surface area contributed by atoms with Gasteiger partial charge in [-0.2, -0.15) is 5.10 Å². The quantitative estimate of drug-likeness (QED) is 0.433. The van der Waals surface area contributed by atoms with Gasteiger partial charge in [-0.1, -0.05) is 11.8 Å². The average Bonchev–Trinajstić information content (AvgIpc) is 3.00. The number of aryl methyl sites for hydroxylation is 1. The van der Waals surface area contributed by atoms with E-state index in [2.05, 4.69) is 22.0 Å². The van der Waals surface area contributed by atoms with E-state index in [-0.39, 0.29) is 0 Å². The molecule has 1 aromatic heterocycles. The molecule has 0 radical (unpaired) electrons. The van der Waals surface area contributed by atoms with Crippen LogP contribution >= 0.6 is 0 Å². The molecule has 122 valence electrons. The predicted octanol–water partition coefficient (Wildman–Crippen LogP) is -0.935. The second kappa shape index (κ2) is 6.28. The molecule has 7 heteroatoms. The van der Waals surface area contributed by atoms with Crippen molar-refractivity contribution in [1.29, 1.82) is 0 Å². The zero-order chi connectivity index (χ0) is 16.6. The van der Waals surface area contributed by atoms with Gasteiger partial charge in [-0.05, 0) is 24.6 Å². The molecule has 7 nitrogen and oxygen atoms in total. The maximum Gasteiger partial charge on any atom is 0.147 e. The lowest BCUT2D eigenvalue weighted by molar-refractivity contribution is -0.214. The Balaban J connectivity index is 1.92. The summed E-state index contributed by atoms with van der Waals surface area (Å²) in [6.45, 7) is 1.46. The lowest BCUT2D eigenvalue weighted by atomic mass is 9.95. The number of aliphatic hydroxyl groups is 4. The highest BCUT2D eigenvalue weighted by Crippen LogP contribution is 2.22. The summed E-state index contributed by atoms with van der Waals surface area (Å²) in [5, 5.41) is 46.5. The summed E-state index contributed by atoms with van der Waals surface area (Å²) in [5.41, 5.74) is 2.47. The molecule has 1 fully saturated rings. The molecule has 1 saturated heterocycles. The van der Waals surface area contributed by atoms with Crippen molar-refractivity contribution in [2.75, 3.05) is 6.61 Å². The summed E-state index contributed by atoms with van der Waals surface area (Å²) in [7, 11) is 0. The Hall–Kier alpha value is -1.95. The molecule has 5 N–H and O–H groups in total. The smallest absolute Gasteiger partial charge is 0.147 e. The van der Waals surface area contributed by atoms with Crippen molar-refractivity contribution in [3.05, 3.63) is 29.5 Å². The highest BCUT2D eigenvalue weighted by Gasteiger charge is 2.42. The molecule has 1 aromatic carbocycles. The van der Waals surface area contributed by atoms with Crippen LogP contribution in [0.5, 0.6) is 0 Å². The van der Waals surface area contributed by atoms with Crippen molar-refractivity contribution >= 4 is 10.9 Å². The number of fused-ring (bicyclic) bond motifs is 1. The fourth-order valence-electron chi connectivity index (χ4n) is 2.68. The van der Waals surface area contributed by atoms with Gasteiger partial charge in [0.1, 0.15) is 30.5 Å². The van der Waals surface area contributed by atoms with Gasteiger partial charge >= 0.3 is 0 Å². The fraction of sp³-hybridized carbons (Fsp3) is 0.438. The standard InChI is InChI=1S/C16H18N2O5/c1-8-4-9(13-10(5-8)6-17-18-13)2-3-11-14(20)16(22)15(21)12(7-19)23-11/h4-6,11-12,14-16,19-22H,7H2,1H3,(H,17,18)/t11-,12-,14-,15-,16-/m1/s1. The fourth-order valence-corrected chi connectivity index (χ4v) is 2.68. The van der Waals surface area contributed by atoms with Gasteiger partial charge in [0.2, 0.25) is 0 Å². The van der Waals surface area contributed by atoms with Crippen LogP contribution in [0.3, 0.4) is 0 Å². The van der Waals surface area contributed by atoms with Crippen molar-refractivity contribution in [2.24, 2.45) is 0 Å². The highest BCUT2D eigenvalue weighted by atomic mass is 16.5. The van der Waals surface area contributed by atoms with Gasteiger partial charge in [0, 0.05) is 5.39 Å². The number of aliphatic hydroxyl groups excluding tert-OH is 4. The maximum atomic E-state index is 9.99. The minimum Gasteiger partial charge on any atom is -0.394 e. The van der Waals surface area contributed by atoms with E-state index in [1.807, 2.05) is 19.1 Å². The van der Waals surface area contributed by atoms with Gasteiger partial charge < -0.3 is 25.2 Å². The van der Waals surface area contributed by atoms with Crippen molar-refractivity contribution in [3.63, 3.8) is 0 Å². The monoisotopic (exact) mass is 318 g/mol. The molecule has 2 aromatic rings. The molecule has 0 saturated carbocycles. The minimum absolute atomic E-state index is 0.474. The van der Waals surface area contributed by atoms with Crippen molar-refractivity contribution < 1.29 is 25.2 Å². The summed E-state index contributed by atoms with van der Waals surface area (Å²) in [6, 6.07) is 3.84. The third-order valence-electron chi connectivity index (χ3n) is 3.93. The first-order chi connectivity index (χ1) is 11.0. The molecular formula is C16H18N2O5. The van der Waals surface area contributed by atoms with E-state index in [1.165, 1.54) is 0 Å². The molecule has 2 heterocycles. The van der Waals surface area contributed by atoms with Gasteiger partial charge in [0.05, 0.1) is 23.9 Å². The molecule has 0 aliphatic carbocycles. The average molecular weight is 318 g/mol. The Morgan fingerprint density at radius 3 is 2.74 bits per heavy atom. The Labute approximate surface area is 132 Å². The Bertz CT molecular complexity index is 761. The number of aromatic amines is 1. The number of benzene rings is 1. The van der Waals surface area contributed by atoms with Crippen LogP contribution in [-0.2, 0) is 4.74 Å². The largest absolute Gasteiger partial charge is 0.394 e. The number of nitrogens with zero attached hydrogens (tertiary/aromatic N) is 1. The number of aromatic nitrogens is 2. The molecule has 23 heavy (non-hydrogen) atoms. The number of hydrogen-bond donors (Lipinski definition) is 5. The summed E-state index contributed by atoms with van der Waals surface area (Å²) in [6.07, 6.45) is -4.44. The second-order valence-electron chi connectivity index (χ2n) is 5.67. The molecule has 0 amide bonds. The van der Waals surface area contributed by atoms with Crippen LogP contribution in [0.4, 0.5) is 0 Å². The van der Waals surface area contributed by atoms with Crippen LogP contribution in [0, 0.1) is 18.8 Å². The van der Waals surface area contributed by atoms with Gasteiger partial charge in [-0.25, -0.2) is 0 Å². The topological polar surface area (TPSA) is 119 Å². The summed E-state index contributed by atoms with van der Waals surface area (Å²) < 4.78 is 5.37. The summed E-state index contributed by atoms with van der Waals surface area (Å²) >= 11 is 0. The van der Waals surface area contributed by atoms with Crippen LogP contribution in [0.2, 0.25) is 0 Å². The summed E-state index contributed by atoms with van der Waals surface area (Å²) in [5.74, 6) is 5.67. The Kier molecular flexibility index (Phi) is 4.35. The van der Waals surface area contributed by atoms with Crippen LogP contribution < -0.4 is 0 Å². The second-order valence-corrected chi connectivity index (χ2v) is 5.67. The van der Waals surface area contributed by atoms with E-state index in [0.29, 0.717) is 5.56 Å². The van der Waals surface area contributed by atoms with E-state index in [4.69, 9.17) is 4.74 Å². The molecular weight excluding hydrogens is 300 g/mol. The molecule has 1 aliphatic rings. The zero-order valence-electron chi connectivity index (χ0n) is 12.5. The van der Waals surface area contributed by atoms with Gasteiger partial charge in [0.25, 0.3) is 0 Å². The normalized spacial score (nSPS) is 30.9. The first kappa shape index (κ1) is 15.9. The number of hydrogen-bond acceptors (Lipinski definition) is 6. The van der Waals surface area contributed by atoms with Crippen LogP contribution in [0.25, 0.3) is 10.9 Å². The van der Waals surface area contributed by atoms with E-state index in [0.717, 1.165) is 16.5 Å². The van der Waals surface area contributed by atoms with Crippen molar-refractivity contribution in [3.8, 4) is 11.8 Å². The Morgan fingerprint density at radius 1 is 1.22 bits per heavy atom. The third kappa shape index (κ3) is 2.95. The molecule has 0 bridgehead atoms. The zero-order valence-corrected chi connectivity index (χ0v) is 12.5. The van der Waals surface area contributed by atoms with Crippen LogP contribution in [0.15, 0.2) is 18.3 Å².